The van der Waals surface area contributed by atoms with Gasteiger partial charge < -0.3 is 19.9 Å². The summed E-state index contributed by atoms with van der Waals surface area (Å²) in [6, 6.07) is 14.1. The van der Waals surface area contributed by atoms with Gasteiger partial charge in [-0.05, 0) is 62.1 Å². The van der Waals surface area contributed by atoms with E-state index in [1.165, 1.54) is 6.92 Å². The van der Waals surface area contributed by atoms with Crippen LogP contribution in [0.4, 0.5) is 16.2 Å². The Morgan fingerprint density at radius 2 is 1.82 bits per heavy atom. The SMILES string of the molecule is CC(=O)N1CCc2cc(C(=O)[C@H](C)OC(=O)[C@@H]3CCCN(C(=O)Nc4ccccc4)C3)ccc21. The minimum Gasteiger partial charge on any atom is -0.454 e. The third kappa shape index (κ3) is 5.11. The molecule has 0 radical (unpaired) electrons. The maximum atomic E-state index is 12.9. The summed E-state index contributed by atoms with van der Waals surface area (Å²) in [7, 11) is 0. The molecular weight excluding hydrogens is 434 g/mol. The third-order valence-electron chi connectivity index (χ3n) is 6.37. The Kier molecular flexibility index (Phi) is 6.95. The number of amides is 3. The number of carbonyl (C=O) groups is 4. The minimum atomic E-state index is -0.940. The fourth-order valence-corrected chi connectivity index (χ4v) is 4.52. The Morgan fingerprint density at radius 1 is 1.06 bits per heavy atom. The third-order valence-corrected chi connectivity index (χ3v) is 6.37. The topological polar surface area (TPSA) is 96.0 Å². The van der Waals surface area contributed by atoms with Crippen LogP contribution in [-0.2, 0) is 20.7 Å². The number of esters is 1. The zero-order valence-corrected chi connectivity index (χ0v) is 19.5. The molecule has 1 fully saturated rings. The van der Waals surface area contributed by atoms with Crippen molar-refractivity contribution in [3.05, 3.63) is 59.7 Å². The van der Waals surface area contributed by atoms with Crippen LogP contribution in [0.3, 0.4) is 0 Å². The molecule has 34 heavy (non-hydrogen) atoms. The molecular formula is C26H29N3O5. The molecule has 2 aliphatic heterocycles. The van der Waals surface area contributed by atoms with Crippen molar-refractivity contribution < 1.29 is 23.9 Å². The van der Waals surface area contributed by atoms with E-state index in [4.69, 9.17) is 4.74 Å². The summed E-state index contributed by atoms with van der Waals surface area (Å²) < 4.78 is 5.52. The van der Waals surface area contributed by atoms with Gasteiger partial charge in [-0.25, -0.2) is 4.79 Å². The van der Waals surface area contributed by atoms with Gasteiger partial charge in [-0.15, -0.1) is 0 Å². The second kappa shape index (κ2) is 10.1. The van der Waals surface area contributed by atoms with E-state index in [9.17, 15) is 19.2 Å². The number of hydrogen-bond acceptors (Lipinski definition) is 5. The number of carbonyl (C=O) groups excluding carboxylic acids is 4. The van der Waals surface area contributed by atoms with Gasteiger partial charge in [0.2, 0.25) is 11.7 Å². The van der Waals surface area contributed by atoms with Crippen LogP contribution < -0.4 is 10.2 Å². The number of rotatable bonds is 5. The van der Waals surface area contributed by atoms with Crippen molar-refractivity contribution in [2.75, 3.05) is 29.9 Å². The monoisotopic (exact) mass is 463 g/mol. The molecule has 0 spiro atoms. The highest BCUT2D eigenvalue weighted by atomic mass is 16.5. The van der Waals surface area contributed by atoms with Crippen molar-refractivity contribution in [3.8, 4) is 0 Å². The molecule has 1 saturated heterocycles. The number of fused-ring (bicyclic) bond motifs is 1. The van der Waals surface area contributed by atoms with E-state index in [0.717, 1.165) is 11.3 Å². The zero-order chi connectivity index (χ0) is 24.2. The van der Waals surface area contributed by atoms with E-state index >= 15 is 0 Å². The van der Waals surface area contributed by atoms with Crippen LogP contribution in [0.1, 0.15) is 42.6 Å². The first-order valence-corrected chi connectivity index (χ1v) is 11.6. The van der Waals surface area contributed by atoms with Gasteiger partial charge in [0.1, 0.15) is 0 Å². The average molecular weight is 464 g/mol. The number of anilines is 2. The lowest BCUT2D eigenvalue weighted by molar-refractivity contribution is -0.152. The molecule has 8 heteroatoms. The predicted octanol–water partition coefficient (Wildman–Crippen LogP) is 3.65. The van der Waals surface area contributed by atoms with Gasteiger partial charge in [0.25, 0.3) is 0 Å². The van der Waals surface area contributed by atoms with Gasteiger partial charge in [0, 0.05) is 43.5 Å². The standard InChI is InChI=1S/C26H29N3O5/c1-17(24(31)20-10-11-23-19(15-20)12-14-29(23)18(2)30)34-25(32)21-7-6-13-28(16-21)26(33)27-22-8-4-3-5-9-22/h3-5,8-11,15,17,21H,6-7,12-14,16H2,1-2H3,(H,27,33)/t17-,21+/m0/s1. The highest BCUT2D eigenvalue weighted by Crippen LogP contribution is 2.29. The van der Waals surface area contributed by atoms with E-state index in [-0.39, 0.29) is 24.3 Å². The summed E-state index contributed by atoms with van der Waals surface area (Å²) in [5.41, 5.74) is 2.91. The number of piperidine rings is 1. The van der Waals surface area contributed by atoms with Gasteiger partial charge in [0.05, 0.1) is 5.92 Å². The molecule has 0 aromatic heterocycles. The number of benzene rings is 2. The number of likely N-dealkylation sites (tertiary alicyclic amines) is 1. The quantitative estimate of drug-likeness (QED) is 0.539. The van der Waals surface area contributed by atoms with Crippen LogP contribution in [-0.4, -0.2) is 54.3 Å². The molecule has 0 saturated carbocycles. The summed E-state index contributed by atoms with van der Waals surface area (Å²) in [6.07, 6.45) is 1.04. The molecule has 0 unspecified atom stereocenters. The van der Waals surface area contributed by atoms with Crippen LogP contribution in [0.5, 0.6) is 0 Å². The van der Waals surface area contributed by atoms with Crippen molar-refractivity contribution in [3.63, 3.8) is 0 Å². The molecule has 1 N–H and O–H groups in total. The number of ether oxygens (including phenoxy) is 1. The fraction of sp³-hybridized carbons (Fsp3) is 0.385. The summed E-state index contributed by atoms with van der Waals surface area (Å²) in [5, 5.41) is 2.84. The number of Topliss-reactive ketones (excluding diaryl/α,β-unsaturated/α-hetero) is 1. The number of urea groups is 1. The van der Waals surface area contributed by atoms with Crippen molar-refractivity contribution >= 4 is 35.1 Å². The molecule has 0 bridgehead atoms. The summed E-state index contributed by atoms with van der Waals surface area (Å²) in [4.78, 5) is 53.3. The van der Waals surface area contributed by atoms with E-state index in [0.29, 0.717) is 43.6 Å². The zero-order valence-electron chi connectivity index (χ0n) is 19.5. The second-order valence-corrected chi connectivity index (χ2v) is 8.79. The van der Waals surface area contributed by atoms with Crippen molar-refractivity contribution in [2.24, 2.45) is 5.92 Å². The molecule has 178 valence electrons. The van der Waals surface area contributed by atoms with Gasteiger partial charge in [-0.1, -0.05) is 18.2 Å². The molecule has 3 amide bonds. The Morgan fingerprint density at radius 3 is 2.56 bits per heavy atom. The van der Waals surface area contributed by atoms with Crippen LogP contribution in [0.25, 0.3) is 0 Å². The molecule has 0 aliphatic carbocycles. The minimum absolute atomic E-state index is 0.0286. The van der Waals surface area contributed by atoms with Crippen LogP contribution in [0.15, 0.2) is 48.5 Å². The maximum absolute atomic E-state index is 12.9. The van der Waals surface area contributed by atoms with Crippen LogP contribution >= 0.6 is 0 Å². The van der Waals surface area contributed by atoms with Crippen molar-refractivity contribution in [1.29, 1.82) is 0 Å². The highest BCUT2D eigenvalue weighted by molar-refractivity contribution is 6.02. The van der Waals surface area contributed by atoms with Gasteiger partial charge in [0.15, 0.2) is 6.10 Å². The molecule has 2 aliphatic rings. The molecule has 2 aromatic rings. The highest BCUT2D eigenvalue weighted by Gasteiger charge is 2.32. The lowest BCUT2D eigenvalue weighted by Crippen LogP contribution is -2.45. The molecule has 2 heterocycles. The number of nitrogens with one attached hydrogen (secondary N) is 1. The smallest absolute Gasteiger partial charge is 0.321 e. The fourth-order valence-electron chi connectivity index (χ4n) is 4.52. The first-order valence-electron chi connectivity index (χ1n) is 11.6. The van der Waals surface area contributed by atoms with E-state index < -0.39 is 18.0 Å². The lowest BCUT2D eigenvalue weighted by atomic mass is 9.98. The van der Waals surface area contributed by atoms with E-state index in [1.54, 1.807) is 47.1 Å². The Bertz CT molecular complexity index is 1100. The van der Waals surface area contributed by atoms with Gasteiger partial charge in [-0.2, -0.15) is 0 Å². The number of nitrogens with zero attached hydrogens (tertiary/aromatic N) is 2. The molecule has 4 rings (SSSR count). The van der Waals surface area contributed by atoms with Gasteiger partial charge in [-0.3, -0.25) is 14.4 Å². The normalized spacial score (nSPS) is 18.1. The first kappa shape index (κ1) is 23.5. The maximum Gasteiger partial charge on any atom is 0.321 e. The number of ketones is 1. The van der Waals surface area contributed by atoms with E-state index in [1.807, 2.05) is 18.2 Å². The van der Waals surface area contributed by atoms with Crippen LogP contribution in [0, 0.1) is 5.92 Å². The van der Waals surface area contributed by atoms with Crippen molar-refractivity contribution in [1.82, 2.24) is 4.90 Å². The van der Waals surface area contributed by atoms with E-state index in [2.05, 4.69) is 5.32 Å². The largest absolute Gasteiger partial charge is 0.454 e. The first-order chi connectivity index (χ1) is 16.3. The molecule has 8 nitrogen and oxygen atoms in total. The Hall–Kier alpha value is -3.68. The molecule has 2 atom stereocenters. The summed E-state index contributed by atoms with van der Waals surface area (Å²) in [5.74, 6) is -1.26. The molecule has 2 aromatic carbocycles. The lowest BCUT2D eigenvalue weighted by Gasteiger charge is -2.32. The average Bonchev–Trinajstić information content (AvgIpc) is 3.28. The number of para-hydroxylation sites is 1. The van der Waals surface area contributed by atoms with Gasteiger partial charge >= 0.3 is 12.0 Å². The Balaban J connectivity index is 1.34. The second-order valence-electron chi connectivity index (χ2n) is 8.79. The van der Waals surface area contributed by atoms with Crippen LogP contribution in [0.2, 0.25) is 0 Å². The Labute approximate surface area is 198 Å². The van der Waals surface area contributed by atoms with Crippen molar-refractivity contribution in [2.45, 2.75) is 39.2 Å². The predicted molar refractivity (Wildman–Crippen MR) is 128 cm³/mol. The summed E-state index contributed by atoms with van der Waals surface area (Å²) >= 11 is 0. The number of hydrogen-bond donors (Lipinski definition) is 1. The summed E-state index contributed by atoms with van der Waals surface area (Å²) in [6.45, 7) is 4.50.